The van der Waals surface area contributed by atoms with Crippen LogP contribution in [0.4, 0.5) is 0 Å². The molecule has 2 N–H and O–H groups in total. The van der Waals surface area contributed by atoms with Crippen molar-refractivity contribution in [3.63, 3.8) is 0 Å². The number of carbonyl (C=O) groups is 1. The smallest absolute Gasteiger partial charge is 0.204 e. The fourth-order valence-corrected chi connectivity index (χ4v) is 5.94. The quantitative estimate of drug-likeness (QED) is 0.441. The van der Waals surface area contributed by atoms with Gasteiger partial charge in [0.25, 0.3) is 0 Å². The molecule has 0 saturated heterocycles. The van der Waals surface area contributed by atoms with Crippen molar-refractivity contribution < 1.29 is 14.5 Å². The number of nitrogens with one attached hydrogen (secondary N) is 1. The van der Waals surface area contributed by atoms with E-state index in [9.17, 15) is 14.5 Å². The first-order chi connectivity index (χ1) is 13.9. The van der Waals surface area contributed by atoms with Crippen LogP contribution in [0.3, 0.4) is 0 Å². The summed E-state index contributed by atoms with van der Waals surface area (Å²) in [5, 5.41) is 15.4. The first-order valence-corrected chi connectivity index (χ1v) is 11.4. The molecule has 0 fully saturated rings. The molecule has 2 atom stereocenters. The van der Waals surface area contributed by atoms with Crippen LogP contribution < -0.4 is 15.7 Å². The second-order valence-electron chi connectivity index (χ2n) is 7.35. The summed E-state index contributed by atoms with van der Waals surface area (Å²) in [5.74, 6) is -0.511. The minimum absolute atomic E-state index is 0.126. The largest absolute Gasteiger partial charge is 0.383 e. The number of carbonyl (C=O) groups excluding carboxylic acids is 1. The SMILES string of the molecule is CC(C)[C@H](NP(=O)(c1ccccc1)c1ccccc1)[C@H](O)C(=O)c1ccccc1. The highest BCUT2D eigenvalue weighted by Crippen LogP contribution is 2.40. The fourth-order valence-electron chi connectivity index (χ4n) is 3.30. The number of Topliss-reactive ketones (excluding diaryl/α,β-unsaturated/α-hetero) is 1. The molecule has 0 amide bonds. The molecule has 0 heterocycles. The summed E-state index contributed by atoms with van der Waals surface area (Å²) in [5.41, 5.74) is 0.432. The van der Waals surface area contributed by atoms with Crippen molar-refractivity contribution in [3.05, 3.63) is 96.6 Å². The molecule has 0 aliphatic heterocycles. The van der Waals surface area contributed by atoms with Gasteiger partial charge in [0.05, 0.1) is 0 Å². The number of hydrogen-bond donors (Lipinski definition) is 2. The maximum Gasteiger partial charge on any atom is 0.204 e. The van der Waals surface area contributed by atoms with E-state index in [-0.39, 0.29) is 11.7 Å². The highest BCUT2D eigenvalue weighted by molar-refractivity contribution is 7.76. The van der Waals surface area contributed by atoms with Crippen LogP contribution in [0.1, 0.15) is 24.2 Å². The van der Waals surface area contributed by atoms with Crippen LogP contribution in [-0.2, 0) is 4.57 Å². The van der Waals surface area contributed by atoms with Gasteiger partial charge < -0.3 is 5.11 Å². The Morgan fingerprint density at radius 2 is 1.21 bits per heavy atom. The van der Waals surface area contributed by atoms with Gasteiger partial charge in [-0.05, 0) is 30.2 Å². The van der Waals surface area contributed by atoms with Gasteiger partial charge in [0.15, 0.2) is 5.78 Å². The third-order valence-electron chi connectivity index (χ3n) is 4.96. The molecule has 0 radical (unpaired) electrons. The van der Waals surface area contributed by atoms with Crippen LogP contribution in [0, 0.1) is 5.92 Å². The molecule has 0 aliphatic carbocycles. The predicted octanol–water partition coefficient (Wildman–Crippen LogP) is 3.77. The van der Waals surface area contributed by atoms with Gasteiger partial charge in [-0.3, -0.25) is 14.4 Å². The summed E-state index contributed by atoms with van der Waals surface area (Å²) in [6, 6.07) is 26.3. The molecule has 0 aromatic heterocycles. The van der Waals surface area contributed by atoms with E-state index in [1.807, 2.05) is 80.6 Å². The van der Waals surface area contributed by atoms with Crippen LogP contribution in [0.2, 0.25) is 0 Å². The molecule has 3 aromatic carbocycles. The molecule has 29 heavy (non-hydrogen) atoms. The van der Waals surface area contributed by atoms with E-state index in [0.717, 1.165) is 0 Å². The maximum absolute atomic E-state index is 14.3. The normalized spacial score (nSPS) is 13.8. The Kier molecular flexibility index (Phi) is 6.81. The van der Waals surface area contributed by atoms with Crippen molar-refractivity contribution in [1.29, 1.82) is 0 Å². The van der Waals surface area contributed by atoms with Crippen LogP contribution in [0.5, 0.6) is 0 Å². The van der Waals surface area contributed by atoms with E-state index in [1.54, 1.807) is 24.3 Å². The van der Waals surface area contributed by atoms with Gasteiger partial charge in [-0.25, -0.2) is 0 Å². The summed E-state index contributed by atoms with van der Waals surface area (Å²) in [6.07, 6.45) is -1.32. The minimum atomic E-state index is -3.28. The monoisotopic (exact) mass is 407 g/mol. The molecule has 0 spiro atoms. The van der Waals surface area contributed by atoms with E-state index < -0.39 is 19.4 Å². The van der Waals surface area contributed by atoms with E-state index in [0.29, 0.717) is 16.2 Å². The Labute approximate surface area is 172 Å². The lowest BCUT2D eigenvalue weighted by Gasteiger charge is -2.32. The number of hydrogen-bond acceptors (Lipinski definition) is 3. The molecule has 3 aromatic rings. The molecule has 3 rings (SSSR count). The first-order valence-electron chi connectivity index (χ1n) is 9.70. The minimum Gasteiger partial charge on any atom is -0.383 e. The Bertz CT molecular complexity index is 931. The summed E-state index contributed by atoms with van der Waals surface area (Å²) in [6.45, 7) is 3.80. The van der Waals surface area contributed by atoms with E-state index in [1.165, 1.54) is 0 Å². The molecule has 0 saturated carbocycles. The van der Waals surface area contributed by atoms with Crippen LogP contribution in [-0.4, -0.2) is 23.0 Å². The molecule has 150 valence electrons. The topological polar surface area (TPSA) is 66.4 Å². The van der Waals surface area contributed by atoms with Crippen molar-refractivity contribution in [2.75, 3.05) is 0 Å². The zero-order chi connectivity index (χ0) is 20.9. The van der Waals surface area contributed by atoms with Crippen molar-refractivity contribution in [1.82, 2.24) is 5.09 Å². The summed E-state index contributed by atoms with van der Waals surface area (Å²) < 4.78 is 14.3. The number of aliphatic hydroxyl groups excluding tert-OH is 1. The summed E-state index contributed by atoms with van der Waals surface area (Å²) in [7, 11) is -3.28. The van der Waals surface area contributed by atoms with Gasteiger partial charge in [-0.15, -0.1) is 0 Å². The van der Waals surface area contributed by atoms with Gasteiger partial charge in [0.2, 0.25) is 7.29 Å². The summed E-state index contributed by atoms with van der Waals surface area (Å²) >= 11 is 0. The molecular formula is C24H26NO3P. The van der Waals surface area contributed by atoms with Crippen LogP contribution in [0.25, 0.3) is 0 Å². The van der Waals surface area contributed by atoms with Crippen molar-refractivity contribution in [2.24, 2.45) is 5.92 Å². The van der Waals surface area contributed by atoms with E-state index in [4.69, 9.17) is 0 Å². The fraction of sp³-hybridized carbons (Fsp3) is 0.208. The van der Waals surface area contributed by atoms with Gasteiger partial charge in [-0.2, -0.15) is 0 Å². The molecule has 0 unspecified atom stereocenters. The van der Waals surface area contributed by atoms with E-state index in [2.05, 4.69) is 5.09 Å². The maximum atomic E-state index is 14.3. The van der Waals surface area contributed by atoms with Crippen molar-refractivity contribution >= 4 is 23.7 Å². The molecule has 0 bridgehead atoms. The number of benzene rings is 3. The van der Waals surface area contributed by atoms with Gasteiger partial charge >= 0.3 is 0 Å². The standard InChI is InChI=1S/C24H26NO3P/c1-18(2)22(24(27)23(26)19-12-6-3-7-13-19)25-29(28,20-14-8-4-9-15-20)21-16-10-5-11-17-21/h3-18,22,24,27H,1-2H3,(H,25,28)/t22-,24-/m0/s1. The summed E-state index contributed by atoms with van der Waals surface area (Å²) in [4.78, 5) is 12.9. The highest BCUT2D eigenvalue weighted by atomic mass is 31.2. The molecular weight excluding hydrogens is 381 g/mol. The second kappa shape index (κ2) is 9.32. The Hall–Kier alpha value is -2.52. The Morgan fingerprint density at radius 3 is 1.62 bits per heavy atom. The van der Waals surface area contributed by atoms with Crippen LogP contribution in [0.15, 0.2) is 91.0 Å². The Balaban J connectivity index is 2.00. The zero-order valence-corrected chi connectivity index (χ0v) is 17.5. The third-order valence-corrected chi connectivity index (χ3v) is 7.67. The molecule has 4 nitrogen and oxygen atoms in total. The number of rotatable bonds is 8. The molecule has 5 heteroatoms. The average Bonchev–Trinajstić information content (AvgIpc) is 2.78. The van der Waals surface area contributed by atoms with E-state index >= 15 is 0 Å². The van der Waals surface area contributed by atoms with Gasteiger partial charge in [0, 0.05) is 22.2 Å². The first kappa shape index (κ1) is 21.2. The lowest BCUT2D eigenvalue weighted by molar-refractivity contribution is 0.0633. The second-order valence-corrected chi connectivity index (χ2v) is 9.86. The lowest BCUT2D eigenvalue weighted by Crippen LogP contribution is -2.48. The molecule has 0 aliphatic rings. The lowest BCUT2D eigenvalue weighted by atomic mass is 9.94. The van der Waals surface area contributed by atoms with Crippen molar-refractivity contribution in [2.45, 2.75) is 26.0 Å². The van der Waals surface area contributed by atoms with Gasteiger partial charge in [0.1, 0.15) is 6.10 Å². The third kappa shape index (κ3) is 4.73. The van der Waals surface area contributed by atoms with Gasteiger partial charge in [-0.1, -0.05) is 80.6 Å². The number of aliphatic hydroxyl groups is 1. The Morgan fingerprint density at radius 1 is 0.793 bits per heavy atom. The zero-order valence-electron chi connectivity index (χ0n) is 16.6. The van der Waals surface area contributed by atoms with Crippen molar-refractivity contribution in [3.8, 4) is 0 Å². The van der Waals surface area contributed by atoms with Crippen LogP contribution >= 0.6 is 7.29 Å². The number of ketones is 1. The predicted molar refractivity (Wildman–Crippen MR) is 118 cm³/mol. The average molecular weight is 407 g/mol. The highest BCUT2D eigenvalue weighted by Gasteiger charge is 2.37.